The van der Waals surface area contributed by atoms with Crippen LogP contribution in [-0.4, -0.2) is 101 Å². The van der Waals surface area contributed by atoms with Gasteiger partial charge in [-0.2, -0.15) is 5.01 Å². The maximum atomic E-state index is 13.1. The maximum Gasteiger partial charge on any atom is 0.306 e. The lowest BCUT2D eigenvalue weighted by atomic mass is 10.1. The zero-order valence-electron chi connectivity index (χ0n) is 17.9. The van der Waals surface area contributed by atoms with Crippen LogP contribution in [0, 0.1) is 5.82 Å². The highest BCUT2D eigenvalue weighted by Crippen LogP contribution is 2.26. The minimum absolute atomic E-state index is 0.0803. The summed E-state index contributed by atoms with van der Waals surface area (Å²) in [5.41, 5.74) is 0.686. The number of likely N-dealkylation sites (N-methyl/N-ethyl adjacent to an activating group) is 1. The zero-order valence-corrected chi connectivity index (χ0v) is 17.9. The minimum atomic E-state index is -1.26. The van der Waals surface area contributed by atoms with Gasteiger partial charge in [-0.1, -0.05) is 12.1 Å². The molecule has 0 bridgehead atoms. The molecule has 2 fully saturated rings. The first-order valence-corrected chi connectivity index (χ1v) is 10.0. The molecule has 0 saturated carbocycles. The fourth-order valence-corrected chi connectivity index (χ4v) is 3.86. The largest absolute Gasteiger partial charge is 0.481 e. The quantitative estimate of drug-likeness (QED) is 0.519. The van der Waals surface area contributed by atoms with E-state index >= 15 is 0 Å². The molecule has 1 aromatic rings. The van der Waals surface area contributed by atoms with E-state index in [1.807, 2.05) is 0 Å². The van der Waals surface area contributed by atoms with Gasteiger partial charge in [0.15, 0.2) is 6.17 Å². The molecule has 2 atom stereocenters. The standard InChI is InChI=1S/C20H26FN5O6/c1-23-11-16(27)26-15(9-17(28)29)20(31)24(7-8-32-2)12-25(26)19(23)18(30)22-10-13-3-5-14(21)6-4-13/h3-6,15,19H,7-12H2,1-2H3,(H,22,30)(H,28,29)/t15-,19?/m0/s1. The number of rotatable bonds is 8. The van der Waals surface area contributed by atoms with Gasteiger partial charge >= 0.3 is 5.97 Å². The Labute approximate surface area is 184 Å². The van der Waals surface area contributed by atoms with E-state index in [0.717, 1.165) is 5.01 Å². The molecule has 3 rings (SSSR count). The number of nitrogens with one attached hydrogen (secondary N) is 1. The molecule has 12 heteroatoms. The average Bonchev–Trinajstić information content (AvgIpc) is 2.73. The van der Waals surface area contributed by atoms with E-state index < -0.39 is 42.3 Å². The summed E-state index contributed by atoms with van der Waals surface area (Å²) in [6.45, 7) is 0.286. The number of methoxy groups -OCH3 is 1. The van der Waals surface area contributed by atoms with Crippen LogP contribution >= 0.6 is 0 Å². The van der Waals surface area contributed by atoms with Gasteiger partial charge in [-0.25, -0.2) is 4.39 Å². The number of aliphatic carboxylic acids is 1. The van der Waals surface area contributed by atoms with Gasteiger partial charge in [-0.3, -0.25) is 29.1 Å². The second kappa shape index (κ2) is 10.0. The summed E-state index contributed by atoms with van der Waals surface area (Å²) in [5.74, 6) is -3.05. The van der Waals surface area contributed by atoms with E-state index in [1.54, 1.807) is 19.2 Å². The Hall–Kier alpha value is -3.09. The Morgan fingerprint density at radius 3 is 2.56 bits per heavy atom. The minimum Gasteiger partial charge on any atom is -0.481 e. The highest BCUT2D eigenvalue weighted by molar-refractivity contribution is 5.93. The van der Waals surface area contributed by atoms with Crippen molar-refractivity contribution in [1.82, 2.24) is 25.1 Å². The first kappa shape index (κ1) is 23.6. The molecule has 2 heterocycles. The van der Waals surface area contributed by atoms with Crippen molar-refractivity contribution in [2.24, 2.45) is 0 Å². The number of ether oxygens (including phenoxy) is 1. The molecule has 1 aromatic carbocycles. The van der Waals surface area contributed by atoms with Gasteiger partial charge < -0.3 is 20.1 Å². The van der Waals surface area contributed by atoms with Crippen molar-refractivity contribution in [2.75, 3.05) is 40.5 Å². The van der Waals surface area contributed by atoms with Crippen LogP contribution in [0.3, 0.4) is 0 Å². The molecule has 2 aliphatic heterocycles. The van der Waals surface area contributed by atoms with Crippen molar-refractivity contribution in [1.29, 1.82) is 0 Å². The normalized spacial score (nSPS) is 22.1. The number of hydrazine groups is 1. The lowest BCUT2D eigenvalue weighted by molar-refractivity contribution is -0.220. The van der Waals surface area contributed by atoms with Crippen molar-refractivity contribution in [2.45, 2.75) is 25.2 Å². The van der Waals surface area contributed by atoms with Crippen molar-refractivity contribution in [3.05, 3.63) is 35.6 Å². The smallest absolute Gasteiger partial charge is 0.306 e. The molecule has 0 radical (unpaired) electrons. The van der Waals surface area contributed by atoms with Crippen molar-refractivity contribution in [3.63, 3.8) is 0 Å². The molecule has 2 saturated heterocycles. The number of carbonyl (C=O) groups is 4. The summed E-state index contributed by atoms with van der Waals surface area (Å²) in [5, 5.41) is 14.6. The summed E-state index contributed by atoms with van der Waals surface area (Å²) < 4.78 is 18.1. The lowest BCUT2D eigenvalue weighted by Crippen LogP contribution is -2.76. The molecule has 0 spiro atoms. The van der Waals surface area contributed by atoms with Gasteiger partial charge in [0.25, 0.3) is 11.8 Å². The van der Waals surface area contributed by atoms with Gasteiger partial charge in [0.2, 0.25) is 5.91 Å². The van der Waals surface area contributed by atoms with Gasteiger partial charge in [0.1, 0.15) is 11.9 Å². The number of hydrogen-bond acceptors (Lipinski definition) is 7. The zero-order chi connectivity index (χ0) is 23.4. The van der Waals surface area contributed by atoms with Crippen molar-refractivity contribution < 1.29 is 33.4 Å². The number of carbonyl (C=O) groups excluding carboxylic acids is 3. The first-order valence-electron chi connectivity index (χ1n) is 10.0. The number of carboxylic acids is 1. The monoisotopic (exact) mass is 451 g/mol. The number of benzene rings is 1. The van der Waals surface area contributed by atoms with Crippen molar-refractivity contribution in [3.8, 4) is 0 Å². The van der Waals surface area contributed by atoms with Crippen LogP contribution in [0.4, 0.5) is 4.39 Å². The predicted molar refractivity (Wildman–Crippen MR) is 108 cm³/mol. The number of amides is 3. The van der Waals surface area contributed by atoms with E-state index in [-0.39, 0.29) is 38.7 Å². The average molecular weight is 451 g/mol. The number of fused-ring (bicyclic) bond motifs is 1. The Bertz CT molecular complexity index is 882. The first-order chi connectivity index (χ1) is 15.2. The molecule has 32 heavy (non-hydrogen) atoms. The fraction of sp³-hybridized carbons (Fsp3) is 0.500. The molecule has 174 valence electrons. The van der Waals surface area contributed by atoms with Crippen molar-refractivity contribution >= 4 is 23.7 Å². The third kappa shape index (κ3) is 5.03. The summed E-state index contributed by atoms with van der Waals surface area (Å²) in [7, 11) is 3.07. The second-order valence-electron chi connectivity index (χ2n) is 7.66. The van der Waals surface area contributed by atoms with Gasteiger partial charge in [-0.05, 0) is 24.7 Å². The van der Waals surface area contributed by atoms with Crippen LogP contribution in [0.1, 0.15) is 12.0 Å². The third-order valence-corrected chi connectivity index (χ3v) is 5.37. The van der Waals surface area contributed by atoms with E-state index in [4.69, 9.17) is 4.74 Å². The van der Waals surface area contributed by atoms with E-state index in [2.05, 4.69) is 5.32 Å². The summed E-state index contributed by atoms with van der Waals surface area (Å²) in [4.78, 5) is 53.1. The van der Waals surface area contributed by atoms with Gasteiger partial charge in [0, 0.05) is 20.2 Å². The van der Waals surface area contributed by atoms with Crippen LogP contribution in [0.2, 0.25) is 0 Å². The van der Waals surface area contributed by atoms with Crippen LogP contribution in [-0.2, 0) is 30.5 Å². The Morgan fingerprint density at radius 1 is 1.25 bits per heavy atom. The molecule has 3 amide bonds. The summed E-state index contributed by atoms with van der Waals surface area (Å²) >= 11 is 0. The molecule has 1 unspecified atom stereocenters. The molecule has 11 nitrogen and oxygen atoms in total. The summed E-state index contributed by atoms with van der Waals surface area (Å²) in [6, 6.07) is 4.41. The molecule has 0 aromatic heterocycles. The number of nitrogens with zero attached hydrogens (tertiary/aromatic N) is 4. The predicted octanol–water partition coefficient (Wildman–Crippen LogP) is -0.952. The topological polar surface area (TPSA) is 123 Å². The summed E-state index contributed by atoms with van der Waals surface area (Å²) in [6.07, 6.45) is -1.54. The molecule has 2 aliphatic rings. The third-order valence-electron chi connectivity index (χ3n) is 5.37. The molecule has 2 N–H and O–H groups in total. The Balaban J connectivity index is 1.84. The molecular formula is C20H26FN5O6. The highest BCUT2D eigenvalue weighted by Gasteiger charge is 2.51. The van der Waals surface area contributed by atoms with Crippen LogP contribution in [0.5, 0.6) is 0 Å². The van der Waals surface area contributed by atoms with Gasteiger partial charge in [0.05, 0.1) is 26.2 Å². The molecule has 0 aliphatic carbocycles. The van der Waals surface area contributed by atoms with E-state index in [9.17, 15) is 28.7 Å². The van der Waals surface area contributed by atoms with Gasteiger partial charge in [-0.15, -0.1) is 0 Å². The lowest BCUT2D eigenvalue weighted by Gasteiger charge is -2.54. The number of halogens is 1. The number of hydrogen-bond donors (Lipinski definition) is 2. The SMILES string of the molecule is COCCN1CN2C(C(=O)NCc3ccc(F)cc3)N(C)CC(=O)N2[C@@H](CC(=O)O)C1=O. The highest BCUT2D eigenvalue weighted by atomic mass is 19.1. The second-order valence-corrected chi connectivity index (χ2v) is 7.66. The van der Waals surface area contributed by atoms with Crippen LogP contribution in [0.15, 0.2) is 24.3 Å². The van der Waals surface area contributed by atoms with Crippen LogP contribution in [0.25, 0.3) is 0 Å². The molecular weight excluding hydrogens is 425 g/mol. The maximum absolute atomic E-state index is 13.1. The fourth-order valence-electron chi connectivity index (χ4n) is 3.86. The Morgan fingerprint density at radius 2 is 1.94 bits per heavy atom. The van der Waals surface area contributed by atoms with E-state index in [1.165, 1.54) is 34.1 Å². The number of carboxylic acid groups (broad SMARTS) is 1. The van der Waals surface area contributed by atoms with Crippen LogP contribution < -0.4 is 5.32 Å². The Kier molecular flexibility index (Phi) is 7.38. The van der Waals surface area contributed by atoms with E-state index in [0.29, 0.717) is 5.56 Å².